The van der Waals surface area contributed by atoms with Crippen molar-refractivity contribution in [1.29, 1.82) is 0 Å². The number of hydrogen-bond donors (Lipinski definition) is 2. The third kappa shape index (κ3) is 6.18. The number of rotatable bonds is 9. The van der Waals surface area contributed by atoms with Crippen LogP contribution in [0.5, 0.6) is 5.75 Å². The molecule has 2 aromatic carbocycles. The van der Waals surface area contributed by atoms with Crippen molar-refractivity contribution in [2.75, 3.05) is 12.4 Å². The Morgan fingerprint density at radius 1 is 1.09 bits per heavy atom. The summed E-state index contributed by atoms with van der Waals surface area (Å²) in [7, 11) is 1.61. The number of carbonyl (C=O) groups excluding carboxylic acids is 2. The van der Waals surface area contributed by atoms with E-state index in [0.29, 0.717) is 29.4 Å². The van der Waals surface area contributed by atoms with E-state index in [1.807, 2.05) is 64.1 Å². The van der Waals surface area contributed by atoms with Crippen molar-refractivity contribution in [3.8, 4) is 16.9 Å². The van der Waals surface area contributed by atoms with E-state index in [1.54, 1.807) is 7.11 Å². The van der Waals surface area contributed by atoms with Gasteiger partial charge in [-0.1, -0.05) is 25.1 Å². The number of aryl methyl sites for hydroxylation is 3. The first kappa shape index (κ1) is 24.4. The Morgan fingerprint density at radius 2 is 1.88 bits per heavy atom. The number of nitrogens with one attached hydrogen (secondary N) is 2. The second-order valence-electron chi connectivity index (χ2n) is 7.71. The second kappa shape index (κ2) is 11.1. The van der Waals surface area contributed by atoms with Crippen LogP contribution in [0.1, 0.15) is 51.8 Å². The molecule has 8 heteroatoms. The Bertz CT molecular complexity index is 1140. The number of nitrogens with zero attached hydrogens (tertiary/aromatic N) is 1. The van der Waals surface area contributed by atoms with Crippen molar-refractivity contribution in [3.63, 3.8) is 0 Å². The molecule has 0 aliphatic carbocycles. The Hall–Kier alpha value is -3.23. The third-order valence-corrected chi connectivity index (χ3v) is 6.25. The van der Waals surface area contributed by atoms with Crippen molar-refractivity contribution in [2.24, 2.45) is 0 Å². The number of benzene rings is 2. The van der Waals surface area contributed by atoms with Crippen LogP contribution in [0.4, 0.5) is 5.13 Å². The summed E-state index contributed by atoms with van der Waals surface area (Å²) in [6.07, 6.45) is 1.08. The van der Waals surface area contributed by atoms with Gasteiger partial charge >= 0.3 is 5.97 Å². The zero-order chi connectivity index (χ0) is 24.0. The monoisotopic (exact) mass is 467 g/mol. The van der Waals surface area contributed by atoms with Crippen LogP contribution in [-0.2, 0) is 16.2 Å². The highest BCUT2D eigenvalue weighted by molar-refractivity contribution is 7.15. The van der Waals surface area contributed by atoms with Gasteiger partial charge in [0.25, 0.3) is 5.91 Å². The molecule has 7 nitrogen and oxygen atoms in total. The third-order valence-electron chi connectivity index (χ3n) is 5.26. The largest absolute Gasteiger partial charge is 0.497 e. The van der Waals surface area contributed by atoms with Gasteiger partial charge in [-0.05, 0) is 67.6 Å². The van der Waals surface area contributed by atoms with E-state index < -0.39 is 0 Å². The standard InChI is InChI=1S/C25H29N3O4S/c1-6-7-23(29)32-26-14-19-10-11-20(31-5)13-22(19)18-9-8-15(2)21(12-18)24(30)28-25-27-16(3)17(4)33-25/h8-13,26H,6-7,14H2,1-5H3,(H,27,28,30). The molecular weight excluding hydrogens is 438 g/mol. The molecule has 0 spiro atoms. The molecule has 1 amide bonds. The maximum absolute atomic E-state index is 13.0. The number of thiazole rings is 1. The summed E-state index contributed by atoms with van der Waals surface area (Å²) in [6.45, 7) is 8.04. The van der Waals surface area contributed by atoms with E-state index in [1.165, 1.54) is 11.3 Å². The van der Waals surface area contributed by atoms with Crippen molar-refractivity contribution >= 4 is 28.3 Å². The summed E-state index contributed by atoms with van der Waals surface area (Å²) in [5.74, 6) is 0.186. The lowest BCUT2D eigenvalue weighted by Gasteiger charge is -2.14. The molecule has 3 rings (SSSR count). The molecule has 174 valence electrons. The molecular formula is C25H29N3O4S. The zero-order valence-electron chi connectivity index (χ0n) is 19.6. The van der Waals surface area contributed by atoms with E-state index in [-0.39, 0.29) is 11.9 Å². The van der Waals surface area contributed by atoms with Crippen molar-refractivity contribution in [1.82, 2.24) is 10.5 Å². The average Bonchev–Trinajstić information content (AvgIpc) is 3.11. The summed E-state index contributed by atoms with van der Waals surface area (Å²) >= 11 is 1.46. The normalized spacial score (nSPS) is 10.7. The van der Waals surface area contributed by atoms with Gasteiger partial charge in [-0.3, -0.25) is 14.9 Å². The fraction of sp³-hybridized carbons (Fsp3) is 0.320. The van der Waals surface area contributed by atoms with E-state index >= 15 is 0 Å². The molecule has 33 heavy (non-hydrogen) atoms. The number of aromatic nitrogens is 1. The topological polar surface area (TPSA) is 89.5 Å². The van der Waals surface area contributed by atoms with Gasteiger partial charge in [-0.25, -0.2) is 4.98 Å². The maximum atomic E-state index is 13.0. The highest BCUT2D eigenvalue weighted by atomic mass is 32.1. The lowest BCUT2D eigenvalue weighted by Crippen LogP contribution is -2.19. The van der Waals surface area contributed by atoms with Crippen molar-refractivity contribution in [2.45, 2.75) is 47.1 Å². The molecule has 0 unspecified atom stereocenters. The molecule has 0 saturated carbocycles. The number of anilines is 1. The molecule has 1 heterocycles. The molecule has 3 aromatic rings. The number of amides is 1. The number of carbonyl (C=O) groups is 2. The highest BCUT2D eigenvalue weighted by Crippen LogP contribution is 2.30. The fourth-order valence-corrected chi connectivity index (χ4v) is 4.09. The van der Waals surface area contributed by atoms with E-state index in [4.69, 9.17) is 9.57 Å². The average molecular weight is 468 g/mol. The predicted octanol–water partition coefficient (Wildman–Crippen LogP) is 5.34. The lowest BCUT2D eigenvalue weighted by atomic mass is 9.95. The molecule has 0 saturated heterocycles. The summed E-state index contributed by atoms with van der Waals surface area (Å²) in [4.78, 5) is 35.3. The fourth-order valence-electron chi connectivity index (χ4n) is 3.28. The number of hydrogen-bond acceptors (Lipinski definition) is 7. The van der Waals surface area contributed by atoms with Crippen LogP contribution in [0.3, 0.4) is 0 Å². The first-order valence-corrected chi connectivity index (χ1v) is 11.6. The number of hydroxylamine groups is 1. The van der Waals surface area contributed by atoms with Gasteiger partial charge in [-0.15, -0.1) is 16.8 Å². The minimum Gasteiger partial charge on any atom is -0.497 e. The first-order valence-electron chi connectivity index (χ1n) is 10.8. The molecule has 0 aliphatic rings. The van der Waals surface area contributed by atoms with Gasteiger partial charge in [0.1, 0.15) is 5.75 Å². The molecule has 0 radical (unpaired) electrons. The van der Waals surface area contributed by atoms with Gasteiger partial charge in [0.15, 0.2) is 5.13 Å². The van der Waals surface area contributed by atoms with Gasteiger partial charge in [0, 0.05) is 16.9 Å². The maximum Gasteiger partial charge on any atom is 0.324 e. The van der Waals surface area contributed by atoms with Gasteiger partial charge in [0.2, 0.25) is 0 Å². The van der Waals surface area contributed by atoms with E-state index in [9.17, 15) is 9.59 Å². The van der Waals surface area contributed by atoms with Gasteiger partial charge in [-0.2, -0.15) is 0 Å². The van der Waals surface area contributed by atoms with E-state index in [0.717, 1.165) is 39.2 Å². The van der Waals surface area contributed by atoms with Crippen LogP contribution >= 0.6 is 11.3 Å². The molecule has 2 N–H and O–H groups in total. The highest BCUT2D eigenvalue weighted by Gasteiger charge is 2.16. The van der Waals surface area contributed by atoms with Gasteiger partial charge < -0.3 is 9.57 Å². The van der Waals surface area contributed by atoms with E-state index in [2.05, 4.69) is 15.8 Å². The Kier molecular flexibility index (Phi) is 8.19. The smallest absolute Gasteiger partial charge is 0.324 e. The zero-order valence-corrected chi connectivity index (χ0v) is 20.4. The van der Waals surface area contributed by atoms with Crippen LogP contribution in [-0.4, -0.2) is 24.0 Å². The summed E-state index contributed by atoms with van der Waals surface area (Å²) in [5, 5.41) is 3.49. The first-order chi connectivity index (χ1) is 15.8. The Balaban J connectivity index is 1.88. The van der Waals surface area contributed by atoms with Gasteiger partial charge in [0.05, 0.1) is 19.3 Å². The quantitative estimate of drug-likeness (QED) is 0.413. The predicted molar refractivity (Wildman–Crippen MR) is 131 cm³/mol. The van der Waals surface area contributed by atoms with Crippen LogP contribution in [0.2, 0.25) is 0 Å². The minimum absolute atomic E-state index is 0.209. The summed E-state index contributed by atoms with van der Waals surface area (Å²) in [6, 6.07) is 11.4. The van der Waals surface area contributed by atoms with Crippen LogP contribution in [0.15, 0.2) is 36.4 Å². The molecule has 0 fully saturated rings. The SMILES string of the molecule is CCCC(=O)ONCc1ccc(OC)cc1-c1ccc(C)c(C(=O)Nc2nc(C)c(C)s2)c1. The van der Waals surface area contributed by atoms with Crippen LogP contribution < -0.4 is 15.5 Å². The number of ether oxygens (including phenoxy) is 1. The van der Waals surface area contributed by atoms with Crippen molar-refractivity contribution < 1.29 is 19.2 Å². The van der Waals surface area contributed by atoms with Crippen molar-refractivity contribution in [3.05, 3.63) is 63.7 Å². The molecule has 0 bridgehead atoms. The minimum atomic E-state index is -0.297. The Labute approximate surface area is 198 Å². The van der Waals surface area contributed by atoms with Crippen LogP contribution in [0, 0.1) is 20.8 Å². The molecule has 1 aromatic heterocycles. The number of methoxy groups -OCH3 is 1. The molecule has 0 aliphatic heterocycles. The summed E-state index contributed by atoms with van der Waals surface area (Å²) in [5.41, 5.74) is 7.72. The second-order valence-corrected chi connectivity index (χ2v) is 8.92. The lowest BCUT2D eigenvalue weighted by molar-refractivity contribution is -0.151. The molecule has 0 atom stereocenters. The Morgan fingerprint density at radius 3 is 2.55 bits per heavy atom. The van der Waals surface area contributed by atoms with Crippen LogP contribution in [0.25, 0.3) is 11.1 Å². The summed E-state index contributed by atoms with van der Waals surface area (Å²) < 4.78 is 5.41.